The zero-order valence-corrected chi connectivity index (χ0v) is 9.17. The molecular formula is C10H10N2O3S. The fraction of sp³-hybridized carbons (Fsp3) is 0.300. The molecule has 0 aromatic carbocycles. The normalized spacial score (nSPS) is 20.6. The van der Waals surface area contributed by atoms with Crippen molar-refractivity contribution < 1.29 is 9.59 Å². The maximum absolute atomic E-state index is 11.5. The van der Waals surface area contributed by atoms with Crippen molar-refractivity contribution >= 4 is 23.6 Å². The first-order valence-electron chi connectivity index (χ1n) is 4.85. The van der Waals surface area contributed by atoms with Crippen LogP contribution in [0.3, 0.4) is 0 Å². The highest BCUT2D eigenvalue weighted by molar-refractivity contribution is 8.00. The van der Waals surface area contributed by atoms with Gasteiger partial charge in [-0.1, -0.05) is 0 Å². The van der Waals surface area contributed by atoms with Gasteiger partial charge in [-0.3, -0.25) is 19.7 Å². The molecule has 1 fully saturated rings. The molecule has 1 saturated heterocycles. The van der Waals surface area contributed by atoms with Gasteiger partial charge in [-0.05, 0) is 18.6 Å². The molecule has 6 heteroatoms. The maximum Gasteiger partial charge on any atom is 0.261 e. The van der Waals surface area contributed by atoms with Gasteiger partial charge in [0.1, 0.15) is 0 Å². The fourth-order valence-electron chi connectivity index (χ4n) is 1.44. The second kappa shape index (κ2) is 4.52. The second-order valence-corrected chi connectivity index (χ2v) is 4.67. The lowest BCUT2D eigenvalue weighted by Crippen LogP contribution is -2.42. The van der Waals surface area contributed by atoms with Crippen LogP contribution in [0.5, 0.6) is 0 Å². The van der Waals surface area contributed by atoms with Gasteiger partial charge in [-0.25, -0.2) is 0 Å². The number of imide groups is 1. The number of amides is 2. The molecule has 2 N–H and O–H groups in total. The van der Waals surface area contributed by atoms with Crippen LogP contribution in [0, 0.1) is 0 Å². The minimum Gasteiger partial charge on any atom is -0.328 e. The number of nitrogens with one attached hydrogen (secondary N) is 2. The lowest BCUT2D eigenvalue weighted by Gasteiger charge is -2.19. The molecule has 0 bridgehead atoms. The minimum atomic E-state index is -0.360. The molecule has 1 aromatic rings. The third kappa shape index (κ3) is 2.33. The maximum atomic E-state index is 11.5. The first-order valence-corrected chi connectivity index (χ1v) is 5.73. The van der Waals surface area contributed by atoms with Crippen LogP contribution in [-0.4, -0.2) is 22.0 Å². The quantitative estimate of drug-likeness (QED) is 0.725. The van der Waals surface area contributed by atoms with E-state index in [1.807, 2.05) is 0 Å². The smallest absolute Gasteiger partial charge is 0.261 e. The van der Waals surface area contributed by atoms with Gasteiger partial charge >= 0.3 is 0 Å². The van der Waals surface area contributed by atoms with Gasteiger partial charge in [0.2, 0.25) is 11.8 Å². The van der Waals surface area contributed by atoms with Crippen molar-refractivity contribution in [1.82, 2.24) is 10.3 Å². The Balaban J connectivity index is 2.11. The summed E-state index contributed by atoms with van der Waals surface area (Å²) in [6.07, 6.45) is 2.34. The molecule has 0 saturated carbocycles. The lowest BCUT2D eigenvalue weighted by molar-refractivity contribution is -0.132. The van der Waals surface area contributed by atoms with E-state index in [1.165, 1.54) is 18.0 Å². The van der Waals surface area contributed by atoms with Crippen molar-refractivity contribution in [2.45, 2.75) is 23.0 Å². The molecule has 0 aliphatic carbocycles. The molecule has 1 aliphatic rings. The Bertz CT molecular complexity index is 483. The van der Waals surface area contributed by atoms with Crippen LogP contribution < -0.4 is 10.9 Å². The standard InChI is InChI=1S/C10H10N2O3S/c13-8-4-3-7(10(15)12-8)16-6-2-1-5-11-9(6)14/h1-2,5,7H,3-4H2,(H,11,14)(H,12,13,15)/t7-/m0/s1. The van der Waals surface area contributed by atoms with Gasteiger partial charge in [0.25, 0.3) is 5.56 Å². The first kappa shape index (κ1) is 10.9. The molecule has 1 aromatic heterocycles. The highest BCUT2D eigenvalue weighted by Crippen LogP contribution is 2.25. The second-order valence-electron chi connectivity index (χ2n) is 3.42. The molecular weight excluding hydrogens is 228 g/mol. The van der Waals surface area contributed by atoms with Gasteiger partial charge in [-0.2, -0.15) is 0 Å². The SMILES string of the molecule is O=C1CC[C@H](Sc2ccc[nH]c2=O)C(=O)N1. The van der Waals surface area contributed by atoms with E-state index in [9.17, 15) is 14.4 Å². The summed E-state index contributed by atoms with van der Waals surface area (Å²) in [4.78, 5) is 36.8. The lowest BCUT2D eigenvalue weighted by atomic mass is 10.1. The molecule has 84 valence electrons. The summed E-state index contributed by atoms with van der Waals surface area (Å²) >= 11 is 1.19. The van der Waals surface area contributed by atoms with E-state index < -0.39 is 0 Å². The summed E-state index contributed by atoms with van der Waals surface area (Å²) < 4.78 is 0. The van der Waals surface area contributed by atoms with Gasteiger partial charge in [0, 0.05) is 12.6 Å². The van der Waals surface area contributed by atoms with Crippen molar-refractivity contribution in [1.29, 1.82) is 0 Å². The van der Waals surface area contributed by atoms with Gasteiger partial charge in [-0.15, -0.1) is 11.8 Å². The predicted octanol–water partition coefficient (Wildman–Crippen LogP) is 0.272. The first-order chi connectivity index (χ1) is 7.66. The number of aromatic amines is 1. The van der Waals surface area contributed by atoms with E-state index in [1.54, 1.807) is 12.1 Å². The van der Waals surface area contributed by atoms with E-state index in [2.05, 4.69) is 10.3 Å². The Morgan fingerprint density at radius 3 is 2.81 bits per heavy atom. The van der Waals surface area contributed by atoms with Crippen molar-refractivity contribution in [2.75, 3.05) is 0 Å². The number of pyridine rings is 1. The molecule has 0 radical (unpaired) electrons. The van der Waals surface area contributed by atoms with E-state index in [0.29, 0.717) is 17.7 Å². The van der Waals surface area contributed by atoms with Crippen molar-refractivity contribution in [3.8, 4) is 0 Å². The number of carbonyl (C=O) groups excluding carboxylic acids is 2. The predicted molar refractivity (Wildman–Crippen MR) is 59.1 cm³/mol. The zero-order valence-electron chi connectivity index (χ0n) is 8.36. The van der Waals surface area contributed by atoms with Gasteiger partial charge < -0.3 is 4.98 Å². The third-order valence-electron chi connectivity index (χ3n) is 2.24. The molecule has 0 unspecified atom stereocenters. The van der Waals surface area contributed by atoms with Crippen LogP contribution in [0.15, 0.2) is 28.0 Å². The monoisotopic (exact) mass is 238 g/mol. The number of carbonyl (C=O) groups is 2. The number of piperidine rings is 1. The highest BCUT2D eigenvalue weighted by Gasteiger charge is 2.27. The van der Waals surface area contributed by atoms with Crippen LogP contribution in [0.1, 0.15) is 12.8 Å². The Morgan fingerprint density at radius 2 is 2.12 bits per heavy atom. The van der Waals surface area contributed by atoms with Crippen LogP contribution in [0.2, 0.25) is 0 Å². The Morgan fingerprint density at radius 1 is 1.31 bits per heavy atom. The number of hydrogen-bond donors (Lipinski definition) is 2. The van der Waals surface area contributed by atoms with Crippen LogP contribution >= 0.6 is 11.8 Å². The summed E-state index contributed by atoms with van der Waals surface area (Å²) in [5, 5.41) is 1.90. The fourth-order valence-corrected chi connectivity index (χ4v) is 2.47. The number of aromatic nitrogens is 1. The number of rotatable bonds is 2. The summed E-state index contributed by atoms with van der Waals surface area (Å²) in [7, 11) is 0. The van der Waals surface area contributed by atoms with Crippen LogP contribution in [-0.2, 0) is 9.59 Å². The average Bonchev–Trinajstić information content (AvgIpc) is 2.25. The highest BCUT2D eigenvalue weighted by atomic mass is 32.2. The van der Waals surface area contributed by atoms with Crippen molar-refractivity contribution in [3.05, 3.63) is 28.7 Å². The van der Waals surface area contributed by atoms with Crippen molar-refractivity contribution in [2.24, 2.45) is 0 Å². The van der Waals surface area contributed by atoms with Gasteiger partial charge in [0.05, 0.1) is 10.1 Å². The van der Waals surface area contributed by atoms with Crippen LogP contribution in [0.4, 0.5) is 0 Å². The summed E-state index contributed by atoms with van der Waals surface area (Å²) in [6, 6.07) is 3.36. The molecule has 0 spiro atoms. The zero-order chi connectivity index (χ0) is 11.5. The third-order valence-corrected chi connectivity index (χ3v) is 3.55. The van der Waals surface area contributed by atoms with Gasteiger partial charge in [0.15, 0.2) is 0 Å². The number of thioether (sulfide) groups is 1. The van der Waals surface area contributed by atoms with Crippen LogP contribution in [0.25, 0.3) is 0 Å². The number of hydrogen-bond acceptors (Lipinski definition) is 4. The summed E-state index contributed by atoms with van der Waals surface area (Å²) in [6.45, 7) is 0. The molecule has 1 aliphatic heterocycles. The average molecular weight is 238 g/mol. The minimum absolute atomic E-state index is 0.211. The molecule has 1 atom stereocenters. The Labute approximate surface area is 95.6 Å². The van der Waals surface area contributed by atoms with E-state index in [-0.39, 0.29) is 22.6 Å². The van der Waals surface area contributed by atoms with Crippen molar-refractivity contribution in [3.63, 3.8) is 0 Å². The number of H-pyrrole nitrogens is 1. The molecule has 16 heavy (non-hydrogen) atoms. The van der Waals surface area contributed by atoms with E-state index in [4.69, 9.17) is 0 Å². The molecule has 5 nitrogen and oxygen atoms in total. The molecule has 2 heterocycles. The topological polar surface area (TPSA) is 79.0 Å². The Hall–Kier alpha value is -1.56. The molecule has 2 rings (SSSR count). The van der Waals surface area contributed by atoms with E-state index in [0.717, 1.165) is 0 Å². The molecule has 2 amide bonds. The largest absolute Gasteiger partial charge is 0.328 e. The summed E-state index contributed by atoms with van der Waals surface area (Å²) in [5.74, 6) is -0.562. The summed E-state index contributed by atoms with van der Waals surface area (Å²) in [5.41, 5.74) is -0.211. The Kier molecular flexibility index (Phi) is 3.09. The van der Waals surface area contributed by atoms with E-state index >= 15 is 0 Å².